The van der Waals surface area contributed by atoms with Crippen LogP contribution in [-0.2, 0) is 6.42 Å². The summed E-state index contributed by atoms with van der Waals surface area (Å²) in [5.41, 5.74) is 2.72. The Bertz CT molecular complexity index is 511. The van der Waals surface area contributed by atoms with Gasteiger partial charge in [0.05, 0.1) is 5.69 Å². The van der Waals surface area contributed by atoms with Crippen LogP contribution in [-0.4, -0.2) is 10.2 Å². The van der Waals surface area contributed by atoms with E-state index in [0.717, 1.165) is 29.7 Å². The van der Waals surface area contributed by atoms with Gasteiger partial charge >= 0.3 is 0 Å². The molecule has 0 saturated heterocycles. The first-order valence-corrected chi connectivity index (χ1v) is 5.86. The molecule has 0 unspecified atom stereocenters. The minimum absolute atomic E-state index is 0.251. The molecular weight excluding hydrogens is 239 g/mol. The monoisotopic (exact) mass is 250 g/mol. The van der Waals surface area contributed by atoms with Crippen LogP contribution in [0.25, 0.3) is 11.1 Å². The third-order valence-electron chi connectivity index (χ3n) is 2.48. The number of halogens is 2. The summed E-state index contributed by atoms with van der Waals surface area (Å²) in [4.78, 5) is 0. The van der Waals surface area contributed by atoms with Crippen LogP contribution >= 0.6 is 11.6 Å². The summed E-state index contributed by atoms with van der Waals surface area (Å²) in [6.07, 6.45) is 1.81. The van der Waals surface area contributed by atoms with E-state index in [2.05, 4.69) is 17.1 Å². The van der Waals surface area contributed by atoms with Gasteiger partial charge in [0.15, 0.2) is 5.15 Å². The third kappa shape index (κ3) is 2.80. The molecule has 1 aromatic carbocycles. The SMILES string of the molecule is CCCc1nnc(Cl)cc1-c1ccc(F)cc1. The topological polar surface area (TPSA) is 25.8 Å². The van der Waals surface area contributed by atoms with E-state index in [4.69, 9.17) is 11.6 Å². The van der Waals surface area contributed by atoms with E-state index in [1.807, 2.05) is 0 Å². The molecule has 0 aliphatic carbocycles. The van der Waals surface area contributed by atoms with Gasteiger partial charge in [-0.2, -0.15) is 5.10 Å². The van der Waals surface area contributed by atoms with Crippen molar-refractivity contribution in [3.63, 3.8) is 0 Å². The lowest BCUT2D eigenvalue weighted by atomic mass is 10.0. The maximum absolute atomic E-state index is 12.9. The number of nitrogens with zero attached hydrogens (tertiary/aromatic N) is 2. The molecule has 1 aromatic heterocycles. The quantitative estimate of drug-likeness (QED) is 0.826. The predicted molar refractivity (Wildman–Crippen MR) is 66.4 cm³/mol. The van der Waals surface area contributed by atoms with Crippen LogP contribution in [0, 0.1) is 5.82 Å². The maximum Gasteiger partial charge on any atom is 0.152 e. The number of benzene rings is 1. The van der Waals surface area contributed by atoms with Crippen molar-refractivity contribution in [1.82, 2.24) is 10.2 Å². The molecule has 0 radical (unpaired) electrons. The average Bonchev–Trinajstić information content (AvgIpc) is 2.33. The predicted octanol–water partition coefficient (Wildman–Crippen LogP) is 3.89. The highest BCUT2D eigenvalue weighted by molar-refractivity contribution is 6.29. The summed E-state index contributed by atoms with van der Waals surface area (Å²) in [7, 11) is 0. The van der Waals surface area contributed by atoms with Crippen molar-refractivity contribution in [2.75, 3.05) is 0 Å². The highest BCUT2D eigenvalue weighted by Gasteiger charge is 2.08. The molecule has 0 atom stereocenters. The molecule has 2 nitrogen and oxygen atoms in total. The molecule has 4 heteroatoms. The van der Waals surface area contributed by atoms with Crippen molar-refractivity contribution in [2.24, 2.45) is 0 Å². The molecule has 0 aliphatic heterocycles. The maximum atomic E-state index is 12.9. The van der Waals surface area contributed by atoms with Crippen LogP contribution in [0.15, 0.2) is 30.3 Å². The van der Waals surface area contributed by atoms with Gasteiger partial charge in [-0.3, -0.25) is 0 Å². The van der Waals surface area contributed by atoms with Gasteiger partial charge in [-0.25, -0.2) is 4.39 Å². The number of aryl methyl sites for hydroxylation is 1. The number of hydrogen-bond donors (Lipinski definition) is 0. The normalized spacial score (nSPS) is 10.5. The van der Waals surface area contributed by atoms with Crippen LogP contribution < -0.4 is 0 Å². The van der Waals surface area contributed by atoms with Crippen LogP contribution in [0.4, 0.5) is 4.39 Å². The second-order valence-electron chi connectivity index (χ2n) is 3.78. The van der Waals surface area contributed by atoms with Crippen LogP contribution in [0.2, 0.25) is 5.15 Å². The second-order valence-corrected chi connectivity index (χ2v) is 4.17. The summed E-state index contributed by atoms with van der Waals surface area (Å²) >= 11 is 5.85. The zero-order valence-corrected chi connectivity index (χ0v) is 10.2. The zero-order valence-electron chi connectivity index (χ0n) is 9.45. The largest absolute Gasteiger partial charge is 0.207 e. The molecule has 0 fully saturated rings. The number of hydrogen-bond acceptors (Lipinski definition) is 2. The molecule has 0 amide bonds. The molecule has 0 spiro atoms. The third-order valence-corrected chi connectivity index (χ3v) is 2.67. The summed E-state index contributed by atoms with van der Waals surface area (Å²) in [5, 5.41) is 8.28. The first-order valence-electron chi connectivity index (χ1n) is 5.48. The molecule has 17 heavy (non-hydrogen) atoms. The zero-order chi connectivity index (χ0) is 12.3. The molecule has 2 aromatic rings. The van der Waals surface area contributed by atoms with Crippen LogP contribution in [0.5, 0.6) is 0 Å². The second kappa shape index (κ2) is 5.23. The van der Waals surface area contributed by atoms with Crippen molar-refractivity contribution in [3.05, 3.63) is 47.0 Å². The van der Waals surface area contributed by atoms with Crippen molar-refractivity contribution < 1.29 is 4.39 Å². The minimum atomic E-state index is -0.251. The summed E-state index contributed by atoms with van der Waals surface area (Å²) in [6.45, 7) is 2.07. The van der Waals surface area contributed by atoms with Gasteiger partial charge < -0.3 is 0 Å². The Morgan fingerprint density at radius 3 is 2.53 bits per heavy atom. The van der Waals surface area contributed by atoms with Gasteiger partial charge in [0.2, 0.25) is 0 Å². The lowest BCUT2D eigenvalue weighted by Gasteiger charge is -2.07. The van der Waals surface area contributed by atoms with E-state index in [0.29, 0.717) is 5.15 Å². The standard InChI is InChI=1S/C13H12ClFN2/c1-2-3-12-11(8-13(14)17-16-12)9-4-6-10(15)7-5-9/h4-8H,2-3H2,1H3. The first-order chi connectivity index (χ1) is 8.20. The highest BCUT2D eigenvalue weighted by Crippen LogP contribution is 2.25. The van der Waals surface area contributed by atoms with E-state index in [9.17, 15) is 4.39 Å². The molecule has 0 saturated carbocycles. The molecule has 0 N–H and O–H groups in total. The van der Waals surface area contributed by atoms with Crippen molar-refractivity contribution in [2.45, 2.75) is 19.8 Å². The van der Waals surface area contributed by atoms with E-state index in [-0.39, 0.29) is 5.82 Å². The fraction of sp³-hybridized carbons (Fsp3) is 0.231. The molecule has 0 bridgehead atoms. The number of rotatable bonds is 3. The smallest absolute Gasteiger partial charge is 0.152 e. The Balaban J connectivity index is 2.48. The lowest BCUT2D eigenvalue weighted by molar-refractivity contribution is 0.628. The Hall–Kier alpha value is -1.48. The van der Waals surface area contributed by atoms with E-state index in [1.54, 1.807) is 18.2 Å². The summed E-state index contributed by atoms with van der Waals surface area (Å²) in [5.74, 6) is -0.251. The fourth-order valence-corrected chi connectivity index (χ4v) is 1.84. The fourth-order valence-electron chi connectivity index (χ4n) is 1.69. The van der Waals surface area contributed by atoms with Crippen LogP contribution in [0.3, 0.4) is 0 Å². The van der Waals surface area contributed by atoms with Gasteiger partial charge in [0.1, 0.15) is 5.82 Å². The molecule has 88 valence electrons. The molecule has 0 aliphatic rings. The summed E-state index contributed by atoms with van der Waals surface area (Å²) < 4.78 is 12.9. The van der Waals surface area contributed by atoms with E-state index >= 15 is 0 Å². The molecule has 1 heterocycles. The van der Waals surface area contributed by atoms with Crippen molar-refractivity contribution >= 4 is 11.6 Å². The van der Waals surface area contributed by atoms with Gasteiger partial charge in [0.25, 0.3) is 0 Å². The Morgan fingerprint density at radius 2 is 1.88 bits per heavy atom. The van der Waals surface area contributed by atoms with Crippen molar-refractivity contribution in [3.8, 4) is 11.1 Å². The van der Waals surface area contributed by atoms with Gasteiger partial charge in [0, 0.05) is 5.56 Å². The minimum Gasteiger partial charge on any atom is -0.207 e. The van der Waals surface area contributed by atoms with Crippen molar-refractivity contribution in [1.29, 1.82) is 0 Å². The molecular formula is C13H12ClFN2. The van der Waals surface area contributed by atoms with Crippen LogP contribution in [0.1, 0.15) is 19.0 Å². The summed E-state index contributed by atoms with van der Waals surface area (Å²) in [6, 6.07) is 8.08. The lowest BCUT2D eigenvalue weighted by Crippen LogP contribution is -1.97. The Kier molecular flexibility index (Phi) is 3.69. The van der Waals surface area contributed by atoms with Gasteiger partial charge in [-0.1, -0.05) is 37.1 Å². The van der Waals surface area contributed by atoms with Gasteiger partial charge in [-0.05, 0) is 30.2 Å². The van der Waals surface area contributed by atoms with Gasteiger partial charge in [-0.15, -0.1) is 5.10 Å². The Morgan fingerprint density at radius 1 is 1.18 bits per heavy atom. The average molecular weight is 251 g/mol. The highest BCUT2D eigenvalue weighted by atomic mass is 35.5. The first kappa shape index (κ1) is 12.0. The van der Waals surface area contributed by atoms with E-state index < -0.39 is 0 Å². The molecule has 2 rings (SSSR count). The Labute approximate surface area is 104 Å². The number of aromatic nitrogens is 2. The van der Waals surface area contributed by atoms with E-state index in [1.165, 1.54) is 12.1 Å².